The molecular weight excluding hydrogens is 218 g/mol. The third-order valence-electron chi connectivity index (χ3n) is 2.50. The molecular formula is C12H15N3S. The van der Waals surface area contributed by atoms with Crippen LogP contribution in [0.4, 0.5) is 0 Å². The molecule has 0 saturated heterocycles. The molecule has 2 aromatic rings. The van der Waals surface area contributed by atoms with E-state index in [-0.39, 0.29) is 6.04 Å². The van der Waals surface area contributed by atoms with Crippen LogP contribution in [0, 0.1) is 0 Å². The molecule has 0 aliphatic carbocycles. The minimum absolute atomic E-state index is 0.00967. The molecule has 0 spiro atoms. The van der Waals surface area contributed by atoms with Gasteiger partial charge in [-0.05, 0) is 18.6 Å². The Morgan fingerprint density at radius 3 is 2.56 bits per heavy atom. The number of nitrogens with zero attached hydrogens (tertiary/aromatic N) is 2. The van der Waals surface area contributed by atoms with Crippen molar-refractivity contribution in [3.05, 3.63) is 46.2 Å². The molecule has 0 aromatic carbocycles. The van der Waals surface area contributed by atoms with Crippen LogP contribution in [-0.2, 0) is 12.8 Å². The zero-order valence-electron chi connectivity index (χ0n) is 9.26. The molecule has 0 saturated carbocycles. The first-order chi connectivity index (χ1) is 7.79. The molecule has 16 heavy (non-hydrogen) atoms. The first-order valence-corrected chi connectivity index (χ1v) is 6.19. The van der Waals surface area contributed by atoms with E-state index in [1.54, 1.807) is 12.4 Å². The second-order valence-corrected chi connectivity index (χ2v) is 4.96. The normalized spacial score (nSPS) is 12.6. The Labute approximate surface area is 99.4 Å². The highest BCUT2D eigenvalue weighted by atomic mass is 32.1. The van der Waals surface area contributed by atoms with Gasteiger partial charge in [0.25, 0.3) is 0 Å². The zero-order chi connectivity index (χ0) is 11.4. The Kier molecular flexibility index (Phi) is 3.64. The van der Waals surface area contributed by atoms with Gasteiger partial charge >= 0.3 is 0 Å². The maximum absolute atomic E-state index is 6.10. The molecule has 2 rings (SSSR count). The van der Waals surface area contributed by atoms with E-state index in [1.165, 1.54) is 16.1 Å². The van der Waals surface area contributed by atoms with Gasteiger partial charge in [0.2, 0.25) is 0 Å². The van der Waals surface area contributed by atoms with Crippen LogP contribution in [0.1, 0.15) is 28.3 Å². The van der Waals surface area contributed by atoms with Crippen molar-refractivity contribution in [2.75, 3.05) is 0 Å². The van der Waals surface area contributed by atoms with E-state index >= 15 is 0 Å². The Bertz CT molecular complexity index is 439. The lowest BCUT2D eigenvalue weighted by Crippen LogP contribution is -2.13. The number of hydrogen-bond acceptors (Lipinski definition) is 4. The van der Waals surface area contributed by atoms with Crippen molar-refractivity contribution >= 4 is 11.3 Å². The van der Waals surface area contributed by atoms with Gasteiger partial charge in [-0.1, -0.05) is 6.92 Å². The molecule has 4 heteroatoms. The van der Waals surface area contributed by atoms with Gasteiger partial charge in [-0.2, -0.15) is 0 Å². The third kappa shape index (κ3) is 2.65. The van der Waals surface area contributed by atoms with Crippen molar-refractivity contribution in [3.8, 4) is 0 Å². The Morgan fingerprint density at radius 1 is 1.25 bits per heavy atom. The Hall–Kier alpha value is -1.26. The minimum Gasteiger partial charge on any atom is -0.324 e. The summed E-state index contributed by atoms with van der Waals surface area (Å²) in [6, 6.07) is 4.33. The monoisotopic (exact) mass is 233 g/mol. The number of hydrogen-bond donors (Lipinski definition) is 1. The molecule has 0 amide bonds. The van der Waals surface area contributed by atoms with Crippen LogP contribution < -0.4 is 5.73 Å². The summed E-state index contributed by atoms with van der Waals surface area (Å²) in [5.74, 6) is 0. The van der Waals surface area contributed by atoms with Crippen molar-refractivity contribution in [2.24, 2.45) is 5.73 Å². The van der Waals surface area contributed by atoms with Gasteiger partial charge in [0.1, 0.15) is 6.33 Å². The molecule has 0 fully saturated rings. The molecule has 0 radical (unpaired) electrons. The fourth-order valence-electron chi connectivity index (χ4n) is 1.56. The first-order valence-electron chi connectivity index (χ1n) is 5.37. The summed E-state index contributed by atoms with van der Waals surface area (Å²) >= 11 is 1.84. The van der Waals surface area contributed by atoms with Crippen LogP contribution in [0.3, 0.4) is 0 Å². The van der Waals surface area contributed by atoms with E-state index in [1.807, 2.05) is 11.3 Å². The number of aryl methyl sites for hydroxylation is 1. The molecule has 1 atom stereocenters. The van der Waals surface area contributed by atoms with Gasteiger partial charge in [-0.15, -0.1) is 11.3 Å². The van der Waals surface area contributed by atoms with Gasteiger partial charge in [0.05, 0.1) is 0 Å². The lowest BCUT2D eigenvalue weighted by molar-refractivity contribution is 0.720. The smallest absolute Gasteiger partial charge is 0.115 e. The van der Waals surface area contributed by atoms with Crippen LogP contribution in [-0.4, -0.2) is 9.97 Å². The van der Waals surface area contributed by atoms with E-state index in [0.29, 0.717) is 0 Å². The van der Waals surface area contributed by atoms with Gasteiger partial charge in [0, 0.05) is 40.2 Å². The highest BCUT2D eigenvalue weighted by molar-refractivity contribution is 7.11. The summed E-state index contributed by atoms with van der Waals surface area (Å²) in [7, 11) is 0. The summed E-state index contributed by atoms with van der Waals surface area (Å²) in [4.78, 5) is 10.7. The molecule has 1 unspecified atom stereocenters. The quantitative estimate of drug-likeness (QED) is 0.882. The predicted octanol–water partition coefficient (Wildman–Crippen LogP) is 2.34. The van der Waals surface area contributed by atoms with Crippen molar-refractivity contribution < 1.29 is 0 Å². The fraction of sp³-hybridized carbons (Fsp3) is 0.333. The van der Waals surface area contributed by atoms with E-state index in [4.69, 9.17) is 5.73 Å². The number of nitrogens with two attached hydrogens (primary N) is 1. The Morgan fingerprint density at radius 2 is 1.94 bits per heavy atom. The number of aromatic nitrogens is 2. The number of rotatable bonds is 4. The van der Waals surface area contributed by atoms with Crippen molar-refractivity contribution in [3.63, 3.8) is 0 Å². The summed E-state index contributed by atoms with van der Waals surface area (Å²) < 4.78 is 0. The standard InChI is InChI=1S/C12H15N3S/c1-2-10-3-4-11(16-10)5-12(13)9-6-14-8-15-7-9/h3-4,6-8,12H,2,5,13H2,1H3. The van der Waals surface area contributed by atoms with Crippen LogP contribution in [0.15, 0.2) is 30.9 Å². The average Bonchev–Trinajstić information content (AvgIpc) is 2.78. The van der Waals surface area contributed by atoms with Crippen molar-refractivity contribution in [2.45, 2.75) is 25.8 Å². The lowest BCUT2D eigenvalue weighted by atomic mass is 10.1. The van der Waals surface area contributed by atoms with Gasteiger partial charge in [-0.3, -0.25) is 0 Å². The van der Waals surface area contributed by atoms with E-state index in [0.717, 1.165) is 18.4 Å². The highest BCUT2D eigenvalue weighted by Crippen LogP contribution is 2.22. The fourth-order valence-corrected chi connectivity index (χ4v) is 2.57. The van der Waals surface area contributed by atoms with Crippen LogP contribution >= 0.6 is 11.3 Å². The maximum atomic E-state index is 6.10. The second kappa shape index (κ2) is 5.18. The number of thiophene rings is 1. The summed E-state index contributed by atoms with van der Waals surface area (Å²) in [6.45, 7) is 2.17. The van der Waals surface area contributed by atoms with E-state index < -0.39 is 0 Å². The summed E-state index contributed by atoms with van der Waals surface area (Å²) in [5.41, 5.74) is 7.10. The molecule has 3 nitrogen and oxygen atoms in total. The van der Waals surface area contributed by atoms with Gasteiger partial charge < -0.3 is 5.73 Å². The lowest BCUT2D eigenvalue weighted by Gasteiger charge is -2.08. The second-order valence-electron chi connectivity index (χ2n) is 3.70. The summed E-state index contributed by atoms with van der Waals surface area (Å²) in [5, 5.41) is 0. The highest BCUT2D eigenvalue weighted by Gasteiger charge is 2.09. The van der Waals surface area contributed by atoms with Crippen LogP contribution in [0.25, 0.3) is 0 Å². The molecule has 0 bridgehead atoms. The molecule has 2 N–H and O–H groups in total. The first kappa shape index (κ1) is 11.2. The molecule has 2 heterocycles. The maximum Gasteiger partial charge on any atom is 0.115 e. The molecule has 84 valence electrons. The zero-order valence-corrected chi connectivity index (χ0v) is 10.1. The van der Waals surface area contributed by atoms with Gasteiger partial charge in [-0.25, -0.2) is 9.97 Å². The minimum atomic E-state index is -0.00967. The Balaban J connectivity index is 2.05. The van der Waals surface area contributed by atoms with Gasteiger partial charge in [0.15, 0.2) is 0 Å². The average molecular weight is 233 g/mol. The van der Waals surface area contributed by atoms with E-state index in [2.05, 4.69) is 29.0 Å². The van der Waals surface area contributed by atoms with Crippen LogP contribution in [0.2, 0.25) is 0 Å². The van der Waals surface area contributed by atoms with Crippen LogP contribution in [0.5, 0.6) is 0 Å². The van der Waals surface area contributed by atoms with E-state index in [9.17, 15) is 0 Å². The largest absolute Gasteiger partial charge is 0.324 e. The predicted molar refractivity (Wildman–Crippen MR) is 66.4 cm³/mol. The topological polar surface area (TPSA) is 51.8 Å². The molecule has 0 aliphatic rings. The SMILES string of the molecule is CCc1ccc(CC(N)c2cncnc2)s1. The summed E-state index contributed by atoms with van der Waals surface area (Å²) in [6.07, 6.45) is 7.04. The van der Waals surface area contributed by atoms with Crippen molar-refractivity contribution in [1.82, 2.24) is 9.97 Å². The molecule has 2 aromatic heterocycles. The molecule has 0 aliphatic heterocycles. The van der Waals surface area contributed by atoms with Crippen molar-refractivity contribution in [1.29, 1.82) is 0 Å². The third-order valence-corrected chi connectivity index (χ3v) is 3.75.